The third-order valence-electron chi connectivity index (χ3n) is 3.57. The quantitative estimate of drug-likeness (QED) is 0.734. The molecule has 3 rings (SSSR count). The van der Waals surface area contributed by atoms with E-state index in [0.717, 1.165) is 10.9 Å². The van der Waals surface area contributed by atoms with E-state index >= 15 is 0 Å². The van der Waals surface area contributed by atoms with E-state index in [2.05, 4.69) is 12.1 Å². The monoisotopic (exact) mass is 298 g/mol. The van der Waals surface area contributed by atoms with Crippen LogP contribution in [0.25, 0.3) is 10.8 Å². The van der Waals surface area contributed by atoms with E-state index in [4.69, 9.17) is 9.15 Å². The van der Waals surface area contributed by atoms with Crippen molar-refractivity contribution in [1.82, 2.24) is 0 Å². The zero-order valence-corrected chi connectivity index (χ0v) is 12.1. The second kappa shape index (κ2) is 6.75. The Morgan fingerprint density at radius 2 is 1.77 bits per heavy atom. The maximum Gasteiger partial charge on any atom is 0.140 e. The molecule has 0 radical (unpaired) electrons. The molecule has 4 nitrogen and oxygen atoms in total. The van der Waals surface area contributed by atoms with Gasteiger partial charge in [0.25, 0.3) is 0 Å². The van der Waals surface area contributed by atoms with Crippen molar-refractivity contribution < 1.29 is 19.4 Å². The van der Waals surface area contributed by atoms with Crippen molar-refractivity contribution in [2.75, 3.05) is 6.61 Å². The molecule has 0 unspecified atom stereocenters. The molecule has 0 saturated heterocycles. The lowest BCUT2D eigenvalue weighted by Gasteiger charge is -2.16. The summed E-state index contributed by atoms with van der Waals surface area (Å²) in [6, 6.07) is 17.5. The third-order valence-corrected chi connectivity index (χ3v) is 3.57. The molecule has 2 N–H and O–H groups in total. The lowest BCUT2D eigenvalue weighted by atomic mass is 10.1. The smallest absolute Gasteiger partial charge is 0.140 e. The zero-order valence-electron chi connectivity index (χ0n) is 12.1. The predicted octanol–water partition coefficient (Wildman–Crippen LogP) is 3.04. The van der Waals surface area contributed by atoms with Crippen molar-refractivity contribution >= 4 is 10.8 Å². The molecular weight excluding hydrogens is 280 g/mol. The van der Waals surface area contributed by atoms with E-state index in [0.29, 0.717) is 12.4 Å². The summed E-state index contributed by atoms with van der Waals surface area (Å²) in [6.07, 6.45) is -0.639. The summed E-state index contributed by atoms with van der Waals surface area (Å²) in [4.78, 5) is 0. The Bertz CT molecular complexity index is 721. The highest BCUT2D eigenvalue weighted by molar-refractivity contribution is 5.82. The molecule has 0 aliphatic rings. The first kappa shape index (κ1) is 14.8. The van der Waals surface area contributed by atoms with Crippen LogP contribution in [0.2, 0.25) is 0 Å². The molecule has 0 fully saturated rings. The molecule has 2 atom stereocenters. The van der Waals surface area contributed by atoms with Crippen molar-refractivity contribution in [1.29, 1.82) is 0 Å². The molecule has 0 bridgehead atoms. The first-order valence-corrected chi connectivity index (χ1v) is 7.19. The van der Waals surface area contributed by atoms with E-state index in [1.807, 2.05) is 30.3 Å². The topological polar surface area (TPSA) is 62.8 Å². The van der Waals surface area contributed by atoms with Crippen LogP contribution in [-0.4, -0.2) is 22.9 Å². The Hall–Kier alpha value is -2.14. The third kappa shape index (κ3) is 3.36. The molecule has 1 aromatic heterocycles. The van der Waals surface area contributed by atoms with Gasteiger partial charge in [-0.05, 0) is 34.5 Å². The van der Waals surface area contributed by atoms with Crippen LogP contribution in [0.4, 0.5) is 0 Å². The number of hydrogen-bond donors (Lipinski definition) is 2. The Morgan fingerprint density at radius 3 is 2.55 bits per heavy atom. The van der Waals surface area contributed by atoms with E-state index in [9.17, 15) is 10.2 Å². The van der Waals surface area contributed by atoms with E-state index in [1.54, 1.807) is 12.1 Å². The normalized spacial score (nSPS) is 14.1. The predicted molar refractivity (Wildman–Crippen MR) is 83.3 cm³/mol. The number of furan rings is 1. The molecule has 3 aromatic rings. The van der Waals surface area contributed by atoms with Crippen LogP contribution >= 0.6 is 0 Å². The molecular formula is C18H18O4. The number of rotatable bonds is 6. The first-order chi connectivity index (χ1) is 10.7. The molecule has 22 heavy (non-hydrogen) atoms. The maximum atomic E-state index is 9.90. The second-order valence-electron chi connectivity index (χ2n) is 5.22. The van der Waals surface area contributed by atoms with Crippen LogP contribution in [0.1, 0.15) is 17.4 Å². The number of aliphatic hydroxyl groups excluding tert-OH is 2. The van der Waals surface area contributed by atoms with Crippen LogP contribution in [0.15, 0.2) is 65.3 Å². The minimum atomic E-state index is -1.08. The fourth-order valence-corrected chi connectivity index (χ4v) is 2.37. The SMILES string of the molecule is O[C@H](COCc1ccc2ccccc2c1)[C@H](O)c1ccco1. The second-order valence-corrected chi connectivity index (χ2v) is 5.22. The van der Waals surface area contributed by atoms with Gasteiger partial charge in [0.15, 0.2) is 0 Å². The lowest BCUT2D eigenvalue weighted by molar-refractivity contribution is -0.0507. The van der Waals surface area contributed by atoms with E-state index < -0.39 is 12.2 Å². The summed E-state index contributed by atoms with van der Waals surface area (Å²) in [6.45, 7) is 0.418. The number of ether oxygens (including phenoxy) is 1. The molecule has 0 saturated carbocycles. The molecule has 4 heteroatoms. The lowest BCUT2D eigenvalue weighted by Crippen LogP contribution is -2.23. The van der Waals surface area contributed by atoms with Gasteiger partial charge in [0.1, 0.15) is 18.0 Å². The molecule has 0 aliphatic heterocycles. The molecule has 1 heterocycles. The number of aliphatic hydroxyl groups is 2. The molecule has 0 aliphatic carbocycles. The van der Waals surface area contributed by atoms with Crippen molar-refractivity contribution in [3.63, 3.8) is 0 Å². The van der Waals surface area contributed by atoms with Gasteiger partial charge in [-0.25, -0.2) is 0 Å². The van der Waals surface area contributed by atoms with Gasteiger partial charge in [-0.1, -0.05) is 36.4 Å². The highest BCUT2D eigenvalue weighted by Gasteiger charge is 2.20. The summed E-state index contributed by atoms with van der Waals surface area (Å²) < 4.78 is 10.6. The largest absolute Gasteiger partial charge is 0.466 e. The van der Waals surface area contributed by atoms with E-state index in [1.165, 1.54) is 11.6 Å². The Kier molecular flexibility index (Phi) is 4.53. The van der Waals surface area contributed by atoms with Gasteiger partial charge in [-0.3, -0.25) is 0 Å². The first-order valence-electron chi connectivity index (χ1n) is 7.19. The number of hydrogen-bond acceptors (Lipinski definition) is 4. The summed E-state index contributed by atoms with van der Waals surface area (Å²) in [5.41, 5.74) is 1.03. The van der Waals surface area contributed by atoms with Crippen molar-refractivity contribution in [2.24, 2.45) is 0 Å². The highest BCUT2D eigenvalue weighted by Crippen LogP contribution is 2.19. The van der Waals surface area contributed by atoms with Gasteiger partial charge < -0.3 is 19.4 Å². The van der Waals surface area contributed by atoms with Crippen molar-refractivity contribution in [3.05, 3.63) is 72.2 Å². The average Bonchev–Trinajstić information content (AvgIpc) is 3.08. The Labute approximate surface area is 128 Å². The average molecular weight is 298 g/mol. The van der Waals surface area contributed by atoms with Crippen molar-refractivity contribution in [3.8, 4) is 0 Å². The van der Waals surface area contributed by atoms with Crippen LogP contribution < -0.4 is 0 Å². The Balaban J connectivity index is 1.55. The summed E-state index contributed by atoms with van der Waals surface area (Å²) >= 11 is 0. The minimum absolute atomic E-state index is 0.0364. The molecule has 0 spiro atoms. The van der Waals surface area contributed by atoms with Crippen LogP contribution in [0.5, 0.6) is 0 Å². The number of fused-ring (bicyclic) bond motifs is 1. The van der Waals surface area contributed by atoms with Gasteiger partial charge in [0, 0.05) is 0 Å². The molecule has 114 valence electrons. The number of benzene rings is 2. The molecule has 0 amide bonds. The summed E-state index contributed by atoms with van der Waals surface area (Å²) in [5.74, 6) is 0.335. The standard InChI is InChI=1S/C18H18O4/c19-16(18(20)17-6-3-9-22-17)12-21-11-13-7-8-14-4-1-2-5-15(14)10-13/h1-10,16,18-20H,11-12H2/t16-,18+/m1/s1. The fourth-order valence-electron chi connectivity index (χ4n) is 2.37. The Morgan fingerprint density at radius 1 is 0.955 bits per heavy atom. The zero-order chi connectivity index (χ0) is 15.4. The van der Waals surface area contributed by atoms with Crippen molar-refractivity contribution in [2.45, 2.75) is 18.8 Å². The van der Waals surface area contributed by atoms with Gasteiger partial charge in [-0.2, -0.15) is 0 Å². The summed E-state index contributed by atoms with van der Waals surface area (Å²) in [5, 5.41) is 22.1. The fraction of sp³-hybridized carbons (Fsp3) is 0.222. The summed E-state index contributed by atoms with van der Waals surface area (Å²) in [7, 11) is 0. The maximum absolute atomic E-state index is 9.90. The van der Waals surface area contributed by atoms with Gasteiger partial charge in [0.2, 0.25) is 0 Å². The van der Waals surface area contributed by atoms with Crippen LogP contribution in [0.3, 0.4) is 0 Å². The molecule has 2 aromatic carbocycles. The van der Waals surface area contributed by atoms with Gasteiger partial charge in [0.05, 0.1) is 19.5 Å². The van der Waals surface area contributed by atoms with Gasteiger partial charge >= 0.3 is 0 Å². The highest BCUT2D eigenvalue weighted by atomic mass is 16.5. The van der Waals surface area contributed by atoms with E-state index in [-0.39, 0.29) is 6.61 Å². The van der Waals surface area contributed by atoms with Crippen LogP contribution in [-0.2, 0) is 11.3 Å². The minimum Gasteiger partial charge on any atom is -0.466 e. The van der Waals surface area contributed by atoms with Crippen LogP contribution in [0, 0.1) is 0 Å². The van der Waals surface area contributed by atoms with Gasteiger partial charge in [-0.15, -0.1) is 0 Å².